The molecule has 3 heteroatoms. The maximum Gasteiger partial charge on any atom is 0.104 e. The SMILES string of the molecule is CC1(N)C(=S)Nc2ccccc21. The summed E-state index contributed by atoms with van der Waals surface area (Å²) in [6, 6.07) is 7.93. The number of fused-ring (bicyclic) bond motifs is 1. The normalized spacial score (nSPS) is 26.7. The van der Waals surface area contributed by atoms with Crippen molar-refractivity contribution in [3.8, 4) is 0 Å². The highest BCUT2D eigenvalue weighted by atomic mass is 32.1. The fourth-order valence-corrected chi connectivity index (χ4v) is 1.64. The highest BCUT2D eigenvalue weighted by Gasteiger charge is 2.34. The second-order valence-corrected chi connectivity index (χ2v) is 3.61. The molecule has 1 atom stereocenters. The first-order valence-corrected chi connectivity index (χ1v) is 4.23. The number of anilines is 1. The summed E-state index contributed by atoms with van der Waals surface area (Å²) in [4.78, 5) is 0.698. The number of nitrogens with two attached hydrogens (primary N) is 1. The van der Waals surface area contributed by atoms with Gasteiger partial charge >= 0.3 is 0 Å². The van der Waals surface area contributed by atoms with Gasteiger partial charge in [-0.3, -0.25) is 0 Å². The molecule has 1 aliphatic rings. The number of benzene rings is 1. The van der Waals surface area contributed by atoms with E-state index in [2.05, 4.69) is 5.32 Å². The molecule has 1 aliphatic heterocycles. The van der Waals surface area contributed by atoms with E-state index in [0.717, 1.165) is 11.3 Å². The van der Waals surface area contributed by atoms with E-state index in [1.165, 1.54) is 0 Å². The van der Waals surface area contributed by atoms with Crippen LogP contribution < -0.4 is 11.1 Å². The van der Waals surface area contributed by atoms with Crippen molar-refractivity contribution < 1.29 is 0 Å². The maximum atomic E-state index is 6.03. The van der Waals surface area contributed by atoms with E-state index in [9.17, 15) is 0 Å². The number of thiocarbonyl (C=S) groups is 1. The molecule has 0 bridgehead atoms. The molecule has 0 saturated heterocycles. The first-order valence-electron chi connectivity index (χ1n) is 3.82. The third-order valence-electron chi connectivity index (χ3n) is 2.21. The molecule has 0 radical (unpaired) electrons. The number of rotatable bonds is 0. The third kappa shape index (κ3) is 0.869. The molecule has 12 heavy (non-hydrogen) atoms. The Kier molecular flexibility index (Phi) is 1.46. The average Bonchev–Trinajstić information content (AvgIpc) is 2.25. The van der Waals surface area contributed by atoms with E-state index >= 15 is 0 Å². The summed E-state index contributed by atoms with van der Waals surface area (Å²) in [5.74, 6) is 0. The smallest absolute Gasteiger partial charge is 0.104 e. The van der Waals surface area contributed by atoms with Crippen LogP contribution in [0, 0.1) is 0 Å². The quantitative estimate of drug-likeness (QED) is 0.593. The highest BCUT2D eigenvalue weighted by molar-refractivity contribution is 7.80. The van der Waals surface area contributed by atoms with Crippen LogP contribution in [-0.2, 0) is 5.54 Å². The molecular formula is C9H10N2S. The standard InChI is InChI=1S/C9H10N2S/c1-9(10)6-4-2-3-5-7(6)11-8(9)12/h2-5H,10H2,1H3,(H,11,12). The molecule has 1 aromatic rings. The van der Waals surface area contributed by atoms with E-state index in [0.29, 0.717) is 4.99 Å². The first kappa shape index (κ1) is 7.71. The van der Waals surface area contributed by atoms with Gasteiger partial charge in [-0.05, 0) is 13.0 Å². The Morgan fingerprint density at radius 3 is 2.75 bits per heavy atom. The number of hydrogen-bond donors (Lipinski definition) is 2. The van der Waals surface area contributed by atoms with E-state index in [4.69, 9.17) is 18.0 Å². The number of para-hydroxylation sites is 1. The molecule has 3 N–H and O–H groups in total. The lowest BCUT2D eigenvalue weighted by Gasteiger charge is -2.17. The Morgan fingerprint density at radius 1 is 1.42 bits per heavy atom. The molecule has 62 valence electrons. The number of nitrogens with one attached hydrogen (secondary N) is 1. The summed E-state index contributed by atoms with van der Waals surface area (Å²) in [5, 5.41) is 3.09. The zero-order valence-corrected chi connectivity index (χ0v) is 7.61. The van der Waals surface area contributed by atoms with Crippen molar-refractivity contribution in [2.24, 2.45) is 5.73 Å². The molecule has 0 fully saturated rings. The van der Waals surface area contributed by atoms with Crippen molar-refractivity contribution in [2.45, 2.75) is 12.5 Å². The molecular weight excluding hydrogens is 168 g/mol. The zero-order chi connectivity index (χ0) is 8.77. The first-order chi connectivity index (χ1) is 5.62. The monoisotopic (exact) mass is 178 g/mol. The Labute approximate surface area is 76.8 Å². The summed E-state index contributed by atoms with van der Waals surface area (Å²) >= 11 is 5.12. The van der Waals surface area contributed by atoms with Crippen molar-refractivity contribution in [3.63, 3.8) is 0 Å². The van der Waals surface area contributed by atoms with Crippen molar-refractivity contribution in [1.82, 2.24) is 0 Å². The van der Waals surface area contributed by atoms with Crippen molar-refractivity contribution in [1.29, 1.82) is 0 Å². The summed E-state index contributed by atoms with van der Waals surface area (Å²) in [7, 11) is 0. The van der Waals surface area contributed by atoms with Gasteiger partial charge in [0.1, 0.15) is 4.99 Å². The average molecular weight is 178 g/mol. The Morgan fingerprint density at radius 2 is 2.08 bits per heavy atom. The van der Waals surface area contributed by atoms with Gasteiger partial charge in [0.15, 0.2) is 0 Å². The van der Waals surface area contributed by atoms with Gasteiger partial charge in [-0.1, -0.05) is 30.4 Å². The summed E-state index contributed by atoms with van der Waals surface area (Å²) in [6.45, 7) is 1.92. The van der Waals surface area contributed by atoms with E-state index < -0.39 is 5.54 Å². The zero-order valence-electron chi connectivity index (χ0n) is 6.79. The van der Waals surface area contributed by atoms with E-state index in [1.807, 2.05) is 31.2 Å². The van der Waals surface area contributed by atoms with Gasteiger partial charge in [-0.25, -0.2) is 0 Å². The van der Waals surface area contributed by atoms with Crippen LogP contribution in [0.25, 0.3) is 0 Å². The molecule has 0 aliphatic carbocycles. The molecule has 1 heterocycles. The van der Waals surface area contributed by atoms with Gasteiger partial charge in [0.2, 0.25) is 0 Å². The van der Waals surface area contributed by atoms with Gasteiger partial charge < -0.3 is 11.1 Å². The summed E-state index contributed by atoms with van der Waals surface area (Å²) < 4.78 is 0. The van der Waals surface area contributed by atoms with E-state index in [-0.39, 0.29) is 0 Å². The predicted octanol–water partition coefficient (Wildman–Crippen LogP) is 1.61. The minimum atomic E-state index is -0.494. The van der Waals surface area contributed by atoms with Gasteiger partial charge in [0.25, 0.3) is 0 Å². The lowest BCUT2D eigenvalue weighted by molar-refractivity contribution is 0.703. The second kappa shape index (κ2) is 2.28. The Balaban J connectivity index is 2.63. The molecule has 0 amide bonds. The molecule has 0 spiro atoms. The highest BCUT2D eigenvalue weighted by Crippen LogP contribution is 2.33. The van der Waals surface area contributed by atoms with Gasteiger partial charge in [0.05, 0.1) is 5.54 Å². The molecule has 2 nitrogen and oxygen atoms in total. The topological polar surface area (TPSA) is 38.0 Å². The molecule has 1 unspecified atom stereocenters. The van der Waals surface area contributed by atoms with Crippen LogP contribution in [0.2, 0.25) is 0 Å². The summed E-state index contributed by atoms with van der Waals surface area (Å²) in [5.41, 5.74) is 7.65. The van der Waals surface area contributed by atoms with Crippen LogP contribution in [0.4, 0.5) is 5.69 Å². The van der Waals surface area contributed by atoms with Crippen LogP contribution in [-0.4, -0.2) is 4.99 Å². The fourth-order valence-electron chi connectivity index (χ4n) is 1.42. The largest absolute Gasteiger partial charge is 0.348 e. The van der Waals surface area contributed by atoms with Crippen molar-refractivity contribution in [2.75, 3.05) is 5.32 Å². The Bertz CT molecular complexity index is 344. The minimum absolute atomic E-state index is 0.494. The van der Waals surface area contributed by atoms with Crippen LogP contribution in [0.1, 0.15) is 12.5 Å². The van der Waals surface area contributed by atoms with Gasteiger partial charge in [-0.2, -0.15) is 0 Å². The third-order valence-corrected chi connectivity index (χ3v) is 2.73. The number of hydrogen-bond acceptors (Lipinski definition) is 2. The molecule has 0 saturated carbocycles. The van der Waals surface area contributed by atoms with Gasteiger partial charge in [-0.15, -0.1) is 0 Å². The fraction of sp³-hybridized carbons (Fsp3) is 0.222. The lowest BCUT2D eigenvalue weighted by Crippen LogP contribution is -2.38. The summed E-state index contributed by atoms with van der Waals surface area (Å²) in [6.07, 6.45) is 0. The lowest BCUT2D eigenvalue weighted by atomic mass is 9.96. The Hall–Kier alpha value is -0.930. The molecule has 1 aromatic carbocycles. The van der Waals surface area contributed by atoms with E-state index in [1.54, 1.807) is 0 Å². The second-order valence-electron chi connectivity index (χ2n) is 3.20. The maximum absolute atomic E-state index is 6.03. The van der Waals surface area contributed by atoms with Crippen LogP contribution in [0.15, 0.2) is 24.3 Å². The van der Waals surface area contributed by atoms with Crippen molar-refractivity contribution >= 4 is 22.9 Å². The molecule has 2 rings (SSSR count). The van der Waals surface area contributed by atoms with Crippen LogP contribution in [0.3, 0.4) is 0 Å². The predicted molar refractivity (Wildman–Crippen MR) is 54.2 cm³/mol. The van der Waals surface area contributed by atoms with Crippen molar-refractivity contribution in [3.05, 3.63) is 29.8 Å². The minimum Gasteiger partial charge on any atom is -0.348 e. The van der Waals surface area contributed by atoms with Gasteiger partial charge in [0, 0.05) is 11.3 Å². The van der Waals surface area contributed by atoms with Crippen LogP contribution in [0.5, 0.6) is 0 Å². The molecule has 0 aromatic heterocycles. The van der Waals surface area contributed by atoms with Crippen LogP contribution >= 0.6 is 12.2 Å².